The van der Waals surface area contributed by atoms with Gasteiger partial charge in [0.05, 0.1) is 0 Å². The van der Waals surface area contributed by atoms with E-state index in [1.54, 1.807) is 0 Å². The molecule has 1 nitrogen and oxygen atoms in total. The van der Waals surface area contributed by atoms with Gasteiger partial charge in [0.15, 0.2) is 0 Å². The second kappa shape index (κ2) is 3100. The topological polar surface area (TPSA) is 23.8 Å². The second-order valence-corrected chi connectivity index (χ2v) is 0. The fourth-order valence-corrected chi connectivity index (χ4v) is 0. The summed E-state index contributed by atoms with van der Waals surface area (Å²) < 4.78 is 0. The molecule has 0 fully saturated rings. The normalized spacial score (nSPS) is 0.400. The first-order valence-electron chi connectivity index (χ1n) is 0.258. The van der Waals surface area contributed by atoms with E-state index in [0.717, 1.165) is 0 Å². The van der Waals surface area contributed by atoms with Gasteiger partial charge in [0, 0.05) is 6.57 Å². The maximum Gasteiger partial charge on any atom is 2.00 e. The standard InChI is InChI=1S/CHN.2CH3.Zn/c1-2;;;/h1H;2*1H3;/q;2*-1;+2. The molecule has 0 rings (SSSR count). The Hall–Kier alpha value is 0.113. The minimum atomic E-state index is 0. The Morgan fingerprint density at radius 3 is 1.00 bits per heavy atom. The van der Waals surface area contributed by atoms with Crippen molar-refractivity contribution < 1.29 is 19.5 Å². The van der Waals surface area contributed by atoms with Crippen molar-refractivity contribution in [3.63, 3.8) is 0 Å². The van der Waals surface area contributed by atoms with Crippen LogP contribution in [-0.2, 0) is 19.5 Å². The maximum atomic E-state index is 6.50. The van der Waals surface area contributed by atoms with Crippen LogP contribution in [0, 0.1) is 26.7 Å². The Morgan fingerprint density at radius 1 is 1.00 bits per heavy atom. The zero-order valence-corrected chi connectivity index (χ0v) is 6.70. The molecular weight excluding hydrogens is 115 g/mol. The third-order valence-electron chi connectivity index (χ3n) is 0. The van der Waals surface area contributed by atoms with Crippen molar-refractivity contribution in [2.75, 3.05) is 0 Å². The minimum Gasteiger partial charge on any atom is -0.358 e. The molecule has 0 aliphatic rings. The van der Waals surface area contributed by atoms with Crippen molar-refractivity contribution in [2.24, 2.45) is 0 Å². The van der Waals surface area contributed by atoms with Gasteiger partial charge in [0.1, 0.15) is 0 Å². The van der Waals surface area contributed by atoms with Crippen LogP contribution in [0.4, 0.5) is 0 Å². The van der Waals surface area contributed by atoms with Crippen LogP contribution >= 0.6 is 0 Å². The molecular formula is C3H7NZn. The molecule has 0 amide bonds. The van der Waals surface area contributed by atoms with Crippen LogP contribution in [0.25, 0.3) is 0 Å². The molecule has 0 saturated carbocycles. The monoisotopic (exact) mass is 121 g/mol. The summed E-state index contributed by atoms with van der Waals surface area (Å²) in [6, 6.07) is 0. The summed E-state index contributed by atoms with van der Waals surface area (Å²) in [5.41, 5.74) is 0. The largest absolute Gasteiger partial charge is 2.00 e. The molecule has 0 atom stereocenters. The van der Waals surface area contributed by atoms with Gasteiger partial charge in [0.25, 0.3) is 0 Å². The van der Waals surface area contributed by atoms with Crippen LogP contribution in [0.5, 0.6) is 0 Å². The quantitative estimate of drug-likeness (QED) is 0.348. The molecule has 0 bridgehead atoms. The first kappa shape index (κ1) is 69.8. The Kier molecular flexibility index (Phi) is 43300. The van der Waals surface area contributed by atoms with Crippen molar-refractivity contribution >= 4 is 0 Å². The zero-order chi connectivity index (χ0) is 2.00. The van der Waals surface area contributed by atoms with E-state index in [1.165, 1.54) is 0 Å². The van der Waals surface area contributed by atoms with Crippen molar-refractivity contribution in [2.45, 2.75) is 0 Å². The summed E-state index contributed by atoms with van der Waals surface area (Å²) in [5, 5.41) is 6.50. The predicted molar refractivity (Wildman–Crippen MR) is 19.5 cm³/mol. The van der Waals surface area contributed by atoms with Crippen molar-refractivity contribution in [3.8, 4) is 6.57 Å². The molecule has 0 aliphatic carbocycles. The molecule has 26 valence electrons. The van der Waals surface area contributed by atoms with E-state index in [4.69, 9.17) is 5.26 Å². The zero-order valence-electron chi connectivity index (χ0n) is 3.73. The third kappa shape index (κ3) is 1430. The smallest absolute Gasteiger partial charge is 0.358 e. The van der Waals surface area contributed by atoms with E-state index >= 15 is 0 Å². The maximum absolute atomic E-state index is 6.50. The van der Waals surface area contributed by atoms with Gasteiger partial charge in [-0.25, -0.2) is 5.26 Å². The Balaban J connectivity index is -0.00000000167. The van der Waals surface area contributed by atoms with Crippen LogP contribution in [0.3, 0.4) is 0 Å². The minimum absolute atomic E-state index is 0. The van der Waals surface area contributed by atoms with E-state index in [9.17, 15) is 0 Å². The first-order chi connectivity index (χ1) is 1.00. The summed E-state index contributed by atoms with van der Waals surface area (Å²) in [5.74, 6) is 0. The molecule has 0 spiro atoms. The van der Waals surface area contributed by atoms with E-state index in [1.807, 2.05) is 0 Å². The molecule has 0 unspecified atom stereocenters. The molecule has 5 heavy (non-hydrogen) atoms. The van der Waals surface area contributed by atoms with Gasteiger partial charge in [-0.3, -0.25) is 0 Å². The molecule has 0 saturated heterocycles. The van der Waals surface area contributed by atoms with E-state index in [2.05, 4.69) is 6.57 Å². The Labute approximate surface area is 46.8 Å². The van der Waals surface area contributed by atoms with Crippen molar-refractivity contribution in [3.05, 3.63) is 14.9 Å². The third-order valence-corrected chi connectivity index (χ3v) is 0. The molecule has 0 aromatic carbocycles. The predicted octanol–water partition coefficient (Wildman–Crippen LogP) is 1.04. The number of rotatable bonds is 0. The van der Waals surface area contributed by atoms with Gasteiger partial charge in [-0.05, 0) is 0 Å². The summed E-state index contributed by atoms with van der Waals surface area (Å²) in [4.78, 5) is 0. The first-order valence-corrected chi connectivity index (χ1v) is 0.258. The SMILES string of the molecule is C#N.[CH3-].[CH3-].[Zn+2]. The molecule has 0 aromatic rings. The second-order valence-electron chi connectivity index (χ2n) is 0. The van der Waals surface area contributed by atoms with Gasteiger partial charge < -0.3 is 14.9 Å². The summed E-state index contributed by atoms with van der Waals surface area (Å²) in [7, 11) is 0. The molecule has 0 heterocycles. The van der Waals surface area contributed by atoms with Gasteiger partial charge in [-0.1, -0.05) is 0 Å². The molecule has 0 radical (unpaired) electrons. The van der Waals surface area contributed by atoms with Crippen LogP contribution in [0.15, 0.2) is 0 Å². The van der Waals surface area contributed by atoms with Crippen LogP contribution in [0.1, 0.15) is 0 Å². The molecule has 0 N–H and O–H groups in total. The van der Waals surface area contributed by atoms with Crippen molar-refractivity contribution in [1.29, 1.82) is 5.26 Å². The molecule has 0 aromatic heterocycles. The van der Waals surface area contributed by atoms with E-state index < -0.39 is 0 Å². The van der Waals surface area contributed by atoms with Crippen LogP contribution < -0.4 is 0 Å². The summed E-state index contributed by atoms with van der Waals surface area (Å²) in [6.45, 7) is 3.50. The Morgan fingerprint density at radius 2 is 1.00 bits per heavy atom. The summed E-state index contributed by atoms with van der Waals surface area (Å²) >= 11 is 0. The van der Waals surface area contributed by atoms with Gasteiger partial charge in [-0.15, -0.1) is 0 Å². The van der Waals surface area contributed by atoms with Gasteiger partial charge in [0.2, 0.25) is 0 Å². The number of hydrogen-bond donors (Lipinski definition) is 0. The number of nitriles is 1. The average molecular weight is 122 g/mol. The fourth-order valence-electron chi connectivity index (χ4n) is 0. The number of hydrogen-bond acceptors (Lipinski definition) is 1. The Bertz CT molecular complexity index is 11.6. The fraction of sp³-hybridized carbons (Fsp3) is 0. The molecule has 0 aliphatic heterocycles. The van der Waals surface area contributed by atoms with Gasteiger partial charge >= 0.3 is 19.5 Å². The summed E-state index contributed by atoms with van der Waals surface area (Å²) in [6.07, 6.45) is 0. The van der Waals surface area contributed by atoms with Crippen LogP contribution in [0.2, 0.25) is 0 Å². The van der Waals surface area contributed by atoms with E-state index in [-0.39, 0.29) is 34.3 Å². The van der Waals surface area contributed by atoms with Crippen molar-refractivity contribution in [1.82, 2.24) is 0 Å². The van der Waals surface area contributed by atoms with E-state index in [0.29, 0.717) is 0 Å². The number of nitrogens with zero attached hydrogens (tertiary/aromatic N) is 1. The molecule has 2 heteroatoms. The van der Waals surface area contributed by atoms with Gasteiger partial charge in [-0.2, -0.15) is 0 Å². The van der Waals surface area contributed by atoms with Crippen LogP contribution in [-0.4, -0.2) is 0 Å². The average Bonchev–Trinajstić information content (AvgIpc) is 1.00.